The zero-order valence-electron chi connectivity index (χ0n) is 13.0. The van der Waals surface area contributed by atoms with Crippen LogP contribution < -0.4 is 16.0 Å². The van der Waals surface area contributed by atoms with Crippen molar-refractivity contribution in [3.63, 3.8) is 0 Å². The predicted octanol–water partition coefficient (Wildman–Crippen LogP) is 3.00. The summed E-state index contributed by atoms with van der Waals surface area (Å²) in [7, 11) is 2.68. The van der Waals surface area contributed by atoms with Gasteiger partial charge < -0.3 is 21.1 Å². The number of amides is 1. The van der Waals surface area contributed by atoms with Gasteiger partial charge in [0.2, 0.25) is 5.95 Å². The molecule has 7 nitrogen and oxygen atoms in total. The molecule has 1 amide bonds. The molecule has 25 heavy (non-hydrogen) atoms. The van der Waals surface area contributed by atoms with Crippen molar-refractivity contribution < 1.29 is 23.1 Å². The van der Waals surface area contributed by atoms with Crippen LogP contribution >= 0.6 is 11.6 Å². The standard InChI is InChI=1S/C14H13ClF3N5O2/c1-19-11-7(14(16,17)18)5-21-13(23-11)22-9-4-10(24)6(3-8(9)15)12(25)20-2/h3-5,24H,1-2H3,(H,20,25)(H2,19,21,22,23). The van der Waals surface area contributed by atoms with Gasteiger partial charge in [0.15, 0.2) is 0 Å². The Morgan fingerprint density at radius 1 is 1.28 bits per heavy atom. The van der Waals surface area contributed by atoms with E-state index in [0.717, 1.165) is 6.07 Å². The topological polar surface area (TPSA) is 99.2 Å². The average molecular weight is 376 g/mol. The highest BCUT2D eigenvalue weighted by Gasteiger charge is 2.35. The number of nitrogens with zero attached hydrogens (tertiary/aromatic N) is 2. The minimum absolute atomic E-state index is 0.0471. The van der Waals surface area contributed by atoms with Crippen molar-refractivity contribution >= 4 is 35.0 Å². The number of carbonyl (C=O) groups is 1. The molecule has 1 heterocycles. The fourth-order valence-corrected chi connectivity index (χ4v) is 2.15. The molecule has 0 fully saturated rings. The Morgan fingerprint density at radius 3 is 2.52 bits per heavy atom. The highest BCUT2D eigenvalue weighted by atomic mass is 35.5. The molecule has 0 unspecified atom stereocenters. The van der Waals surface area contributed by atoms with Crippen molar-refractivity contribution in [2.24, 2.45) is 0 Å². The van der Waals surface area contributed by atoms with Gasteiger partial charge in [-0.3, -0.25) is 4.79 Å². The number of rotatable bonds is 4. The van der Waals surface area contributed by atoms with E-state index in [1.165, 1.54) is 20.2 Å². The molecule has 0 atom stereocenters. The molecule has 0 saturated heterocycles. The third-order valence-electron chi connectivity index (χ3n) is 3.13. The second-order valence-electron chi connectivity index (χ2n) is 4.76. The number of aromatic hydroxyl groups is 1. The molecule has 2 rings (SSSR count). The number of anilines is 3. The number of aromatic nitrogens is 2. The van der Waals surface area contributed by atoms with Crippen LogP contribution in [0.15, 0.2) is 18.3 Å². The summed E-state index contributed by atoms with van der Waals surface area (Å²) in [5, 5.41) is 17.2. The Bertz CT molecular complexity index is 814. The first-order valence-corrected chi connectivity index (χ1v) is 7.18. The number of alkyl halides is 3. The van der Waals surface area contributed by atoms with Gasteiger partial charge in [-0.05, 0) is 6.07 Å². The summed E-state index contributed by atoms with van der Waals surface area (Å²) >= 11 is 6.03. The van der Waals surface area contributed by atoms with E-state index in [0.29, 0.717) is 6.20 Å². The first kappa shape index (κ1) is 18.6. The largest absolute Gasteiger partial charge is 0.507 e. The summed E-state index contributed by atoms with van der Waals surface area (Å²) in [6.07, 6.45) is -3.99. The molecule has 11 heteroatoms. The highest BCUT2D eigenvalue weighted by Crippen LogP contribution is 2.35. The van der Waals surface area contributed by atoms with Crippen molar-refractivity contribution in [3.05, 3.63) is 34.5 Å². The van der Waals surface area contributed by atoms with Gasteiger partial charge in [-0.2, -0.15) is 18.2 Å². The van der Waals surface area contributed by atoms with Crippen molar-refractivity contribution in [1.82, 2.24) is 15.3 Å². The average Bonchev–Trinajstić information content (AvgIpc) is 2.56. The van der Waals surface area contributed by atoms with Gasteiger partial charge in [-0.1, -0.05) is 11.6 Å². The van der Waals surface area contributed by atoms with Gasteiger partial charge in [0.25, 0.3) is 5.91 Å². The van der Waals surface area contributed by atoms with Gasteiger partial charge in [-0.25, -0.2) is 4.98 Å². The first-order valence-electron chi connectivity index (χ1n) is 6.81. The molecule has 4 N–H and O–H groups in total. The van der Waals surface area contributed by atoms with E-state index >= 15 is 0 Å². The fraction of sp³-hybridized carbons (Fsp3) is 0.214. The van der Waals surface area contributed by atoms with Crippen molar-refractivity contribution in [3.8, 4) is 5.75 Å². The Labute approximate surface area is 145 Å². The summed E-state index contributed by atoms with van der Waals surface area (Å²) < 4.78 is 38.5. The van der Waals surface area contributed by atoms with Gasteiger partial charge in [0.1, 0.15) is 17.1 Å². The SMILES string of the molecule is CNC(=O)c1cc(Cl)c(Nc2ncc(C(F)(F)F)c(NC)n2)cc1O. The molecule has 0 aliphatic carbocycles. The maximum atomic E-state index is 12.8. The maximum absolute atomic E-state index is 12.8. The number of halogens is 4. The summed E-state index contributed by atoms with van der Waals surface area (Å²) in [6, 6.07) is 2.36. The van der Waals surface area contributed by atoms with E-state index < -0.39 is 23.5 Å². The number of benzene rings is 1. The molecule has 1 aromatic heterocycles. The van der Waals surface area contributed by atoms with Crippen molar-refractivity contribution in [2.45, 2.75) is 6.18 Å². The predicted molar refractivity (Wildman–Crippen MR) is 86.4 cm³/mol. The van der Waals surface area contributed by atoms with E-state index in [4.69, 9.17) is 11.6 Å². The lowest BCUT2D eigenvalue weighted by atomic mass is 10.1. The van der Waals surface area contributed by atoms with E-state index in [9.17, 15) is 23.1 Å². The highest BCUT2D eigenvalue weighted by molar-refractivity contribution is 6.33. The van der Waals surface area contributed by atoms with E-state index in [1.807, 2.05) is 0 Å². The second kappa shape index (κ2) is 7.01. The van der Waals surface area contributed by atoms with Crippen LogP contribution in [0.2, 0.25) is 5.02 Å². The smallest absolute Gasteiger partial charge is 0.421 e. The minimum atomic E-state index is -4.61. The number of nitrogens with one attached hydrogen (secondary N) is 3. The zero-order valence-corrected chi connectivity index (χ0v) is 13.7. The molecule has 0 saturated carbocycles. The second-order valence-corrected chi connectivity index (χ2v) is 5.16. The minimum Gasteiger partial charge on any atom is -0.507 e. The van der Waals surface area contributed by atoms with Crippen LogP contribution in [0.5, 0.6) is 5.75 Å². The number of hydrogen-bond acceptors (Lipinski definition) is 6. The van der Waals surface area contributed by atoms with Crippen LogP contribution in [0, 0.1) is 0 Å². The lowest BCUT2D eigenvalue weighted by Gasteiger charge is -2.14. The summed E-state index contributed by atoms with van der Waals surface area (Å²) in [5.41, 5.74) is -0.958. The lowest BCUT2D eigenvalue weighted by molar-refractivity contribution is -0.137. The Kier molecular flexibility index (Phi) is 5.21. The monoisotopic (exact) mass is 375 g/mol. The number of phenols is 1. The first-order chi connectivity index (χ1) is 11.7. The normalized spacial score (nSPS) is 11.1. The molecule has 2 aromatic rings. The van der Waals surface area contributed by atoms with Crippen LogP contribution in [0.3, 0.4) is 0 Å². The van der Waals surface area contributed by atoms with Gasteiger partial charge in [0.05, 0.1) is 16.3 Å². The molecule has 0 aliphatic rings. The Balaban J connectivity index is 2.37. The van der Waals surface area contributed by atoms with E-state index in [-0.39, 0.29) is 28.0 Å². The molecule has 0 spiro atoms. The molecular weight excluding hydrogens is 363 g/mol. The third kappa shape index (κ3) is 4.02. The molecule has 0 aliphatic heterocycles. The van der Waals surface area contributed by atoms with Crippen LogP contribution in [-0.4, -0.2) is 35.1 Å². The van der Waals surface area contributed by atoms with Crippen LogP contribution in [-0.2, 0) is 6.18 Å². The Morgan fingerprint density at radius 2 is 1.96 bits per heavy atom. The fourth-order valence-electron chi connectivity index (χ4n) is 1.93. The number of carbonyl (C=O) groups excluding carboxylic acids is 1. The van der Waals surface area contributed by atoms with Gasteiger partial charge >= 0.3 is 6.18 Å². The summed E-state index contributed by atoms with van der Waals surface area (Å²) in [6.45, 7) is 0. The molecule has 1 aromatic carbocycles. The van der Waals surface area contributed by atoms with E-state index in [1.54, 1.807) is 0 Å². The zero-order chi connectivity index (χ0) is 18.8. The Hall–Kier alpha value is -2.75. The van der Waals surface area contributed by atoms with Crippen LogP contribution in [0.1, 0.15) is 15.9 Å². The number of phenolic OH excluding ortho intramolecular Hbond substituents is 1. The van der Waals surface area contributed by atoms with Gasteiger partial charge in [-0.15, -0.1) is 0 Å². The van der Waals surface area contributed by atoms with Crippen LogP contribution in [0.25, 0.3) is 0 Å². The molecule has 0 bridgehead atoms. The molecule has 134 valence electrons. The van der Waals surface area contributed by atoms with Crippen molar-refractivity contribution in [1.29, 1.82) is 0 Å². The van der Waals surface area contributed by atoms with Gasteiger partial charge in [0, 0.05) is 26.4 Å². The summed E-state index contributed by atoms with van der Waals surface area (Å²) in [5.74, 6) is -1.51. The molecular formula is C14H13ClF3N5O2. The molecule has 0 radical (unpaired) electrons. The summed E-state index contributed by atoms with van der Waals surface area (Å²) in [4.78, 5) is 18.9. The number of hydrogen-bond donors (Lipinski definition) is 4. The van der Waals surface area contributed by atoms with Crippen molar-refractivity contribution in [2.75, 3.05) is 24.7 Å². The maximum Gasteiger partial charge on any atom is 0.421 e. The van der Waals surface area contributed by atoms with E-state index in [2.05, 4.69) is 25.9 Å². The quantitative estimate of drug-likeness (QED) is 0.655. The lowest BCUT2D eigenvalue weighted by Crippen LogP contribution is -2.18. The third-order valence-corrected chi connectivity index (χ3v) is 3.45. The van der Waals surface area contributed by atoms with Crippen LogP contribution in [0.4, 0.5) is 30.6 Å².